The van der Waals surface area contributed by atoms with Crippen LogP contribution in [0.15, 0.2) is 53.3 Å². The zero-order chi connectivity index (χ0) is 24.2. The Kier molecular flexibility index (Phi) is 7.08. The molecule has 0 atom stereocenters. The summed E-state index contributed by atoms with van der Waals surface area (Å²) in [6.45, 7) is 4.94. The van der Waals surface area contributed by atoms with Gasteiger partial charge in [-0.1, -0.05) is 41.9 Å². The Bertz CT molecular complexity index is 1410. The maximum absolute atomic E-state index is 13.3. The lowest BCUT2D eigenvalue weighted by molar-refractivity contribution is -0.121. The van der Waals surface area contributed by atoms with Gasteiger partial charge in [0, 0.05) is 44.0 Å². The molecule has 0 radical (unpaired) electrons. The van der Waals surface area contributed by atoms with Crippen molar-refractivity contribution in [3.8, 4) is 0 Å². The van der Waals surface area contributed by atoms with E-state index >= 15 is 0 Å². The third-order valence-electron chi connectivity index (χ3n) is 6.29. The normalized spacial score (nSPS) is 14.5. The summed E-state index contributed by atoms with van der Waals surface area (Å²) in [6.07, 6.45) is 0.681. The van der Waals surface area contributed by atoms with Gasteiger partial charge in [-0.3, -0.25) is 23.5 Å². The second-order valence-electron chi connectivity index (χ2n) is 8.56. The zero-order valence-corrected chi connectivity index (χ0v) is 20.1. The third kappa shape index (κ3) is 5.07. The smallest absolute Gasteiger partial charge is 0.263 e. The summed E-state index contributed by atoms with van der Waals surface area (Å²) in [6, 6.07) is 14.8. The molecule has 0 aliphatic carbocycles. The van der Waals surface area contributed by atoms with E-state index in [1.165, 1.54) is 0 Å². The average molecular weight is 495 g/mol. The number of aromatic nitrogens is 4. The van der Waals surface area contributed by atoms with Crippen molar-refractivity contribution in [3.05, 3.63) is 75.3 Å². The summed E-state index contributed by atoms with van der Waals surface area (Å²) >= 11 is 6.37. The van der Waals surface area contributed by atoms with Crippen LogP contribution in [-0.2, 0) is 22.5 Å². The topological polar surface area (TPSA) is 93.8 Å². The van der Waals surface area contributed by atoms with Crippen LogP contribution < -0.4 is 10.9 Å². The molecule has 4 aromatic rings. The summed E-state index contributed by atoms with van der Waals surface area (Å²) in [5.41, 5.74) is 1.38. The number of benzene rings is 2. The van der Waals surface area contributed by atoms with E-state index in [1.807, 2.05) is 40.8 Å². The maximum atomic E-state index is 13.3. The minimum atomic E-state index is -0.159. The molecule has 9 nitrogen and oxygen atoms in total. The number of ether oxygens (including phenoxy) is 1. The number of rotatable bonds is 8. The van der Waals surface area contributed by atoms with Crippen molar-refractivity contribution >= 4 is 34.2 Å². The van der Waals surface area contributed by atoms with Gasteiger partial charge in [0.1, 0.15) is 5.82 Å². The minimum absolute atomic E-state index is 0.0382. The van der Waals surface area contributed by atoms with Crippen LogP contribution in [0.4, 0.5) is 0 Å². The van der Waals surface area contributed by atoms with Gasteiger partial charge in [-0.2, -0.15) is 0 Å². The van der Waals surface area contributed by atoms with E-state index in [-0.39, 0.29) is 24.4 Å². The number of nitrogens with one attached hydrogen (secondary N) is 1. The van der Waals surface area contributed by atoms with Gasteiger partial charge in [-0.15, -0.1) is 10.2 Å². The molecular weight excluding hydrogens is 468 g/mol. The Hall–Kier alpha value is -3.27. The van der Waals surface area contributed by atoms with Crippen molar-refractivity contribution in [3.63, 3.8) is 0 Å². The number of aryl methyl sites for hydroxylation is 1. The SMILES string of the molecule is O=C(CCc1nnc2n(Cc3ccccc3Cl)c(=O)c3ccccc3n12)NCCN1CCOCC1. The van der Waals surface area contributed by atoms with Crippen LogP contribution in [-0.4, -0.2) is 69.4 Å². The molecule has 1 amide bonds. The van der Waals surface area contributed by atoms with Gasteiger partial charge in [0.2, 0.25) is 11.7 Å². The fraction of sp³-hybridized carbons (Fsp3) is 0.360. The Morgan fingerprint density at radius 1 is 1.06 bits per heavy atom. The number of hydrogen-bond donors (Lipinski definition) is 1. The number of nitrogens with zero attached hydrogens (tertiary/aromatic N) is 5. The molecule has 1 aliphatic rings. The number of fused-ring (bicyclic) bond motifs is 3. The molecule has 1 fully saturated rings. The maximum Gasteiger partial charge on any atom is 0.263 e. The molecule has 1 N–H and O–H groups in total. The lowest BCUT2D eigenvalue weighted by atomic mass is 10.2. The van der Waals surface area contributed by atoms with Gasteiger partial charge >= 0.3 is 0 Å². The molecule has 0 bridgehead atoms. The predicted molar refractivity (Wildman–Crippen MR) is 134 cm³/mol. The van der Waals surface area contributed by atoms with Crippen molar-refractivity contribution in [1.29, 1.82) is 0 Å². The van der Waals surface area contributed by atoms with Crippen LogP contribution in [0.5, 0.6) is 0 Å². The number of hydrogen-bond acceptors (Lipinski definition) is 6. The van der Waals surface area contributed by atoms with Crippen LogP contribution >= 0.6 is 11.6 Å². The van der Waals surface area contributed by atoms with Gasteiger partial charge in [0.05, 0.1) is 30.7 Å². The van der Waals surface area contributed by atoms with Gasteiger partial charge in [-0.05, 0) is 23.8 Å². The van der Waals surface area contributed by atoms with Crippen LogP contribution in [0.2, 0.25) is 5.02 Å². The third-order valence-corrected chi connectivity index (χ3v) is 6.66. The Balaban J connectivity index is 1.37. The molecule has 10 heteroatoms. The van der Waals surface area contributed by atoms with E-state index < -0.39 is 0 Å². The molecule has 5 rings (SSSR count). The van der Waals surface area contributed by atoms with E-state index in [9.17, 15) is 9.59 Å². The largest absolute Gasteiger partial charge is 0.379 e. The van der Waals surface area contributed by atoms with E-state index in [0.717, 1.165) is 43.9 Å². The summed E-state index contributed by atoms with van der Waals surface area (Å²) in [4.78, 5) is 28.1. The van der Waals surface area contributed by atoms with E-state index in [4.69, 9.17) is 16.3 Å². The van der Waals surface area contributed by atoms with Gasteiger partial charge in [0.15, 0.2) is 0 Å². The van der Waals surface area contributed by atoms with Crippen LogP contribution in [0.1, 0.15) is 17.8 Å². The second kappa shape index (κ2) is 10.6. The zero-order valence-electron chi connectivity index (χ0n) is 19.3. The first-order chi connectivity index (χ1) is 17.1. The van der Waals surface area contributed by atoms with Crippen LogP contribution in [0, 0.1) is 0 Å². The molecule has 182 valence electrons. The summed E-state index contributed by atoms with van der Waals surface area (Å²) in [5, 5.41) is 12.8. The van der Waals surface area contributed by atoms with Crippen molar-refractivity contribution in [2.45, 2.75) is 19.4 Å². The van der Waals surface area contributed by atoms with Gasteiger partial charge in [0.25, 0.3) is 5.56 Å². The first-order valence-electron chi connectivity index (χ1n) is 11.8. The average Bonchev–Trinajstić information content (AvgIpc) is 3.31. The van der Waals surface area contributed by atoms with Crippen LogP contribution in [0.25, 0.3) is 16.7 Å². The second-order valence-corrected chi connectivity index (χ2v) is 8.96. The summed E-state index contributed by atoms with van der Waals surface area (Å²) in [5.74, 6) is 1.02. The lowest BCUT2D eigenvalue weighted by Crippen LogP contribution is -2.41. The molecule has 0 spiro atoms. The van der Waals surface area contributed by atoms with Crippen molar-refractivity contribution in [2.24, 2.45) is 0 Å². The van der Waals surface area contributed by atoms with E-state index in [1.54, 1.807) is 16.7 Å². The number of para-hydroxylation sites is 1. The standard InChI is InChI=1S/C25H27ClN6O3/c26-20-7-3-1-5-18(20)17-31-24(34)19-6-2-4-8-21(19)32-22(28-29-25(31)32)9-10-23(33)27-11-12-30-13-15-35-16-14-30/h1-8H,9-17H2,(H,27,33). The Morgan fingerprint density at radius 2 is 1.83 bits per heavy atom. The molecule has 2 aromatic heterocycles. The Labute approximate surface area is 207 Å². The van der Waals surface area contributed by atoms with Crippen LogP contribution in [0.3, 0.4) is 0 Å². The van der Waals surface area contributed by atoms with Crippen molar-refractivity contribution in [2.75, 3.05) is 39.4 Å². The summed E-state index contributed by atoms with van der Waals surface area (Å²) in [7, 11) is 0. The molecular formula is C25H27ClN6O3. The highest BCUT2D eigenvalue weighted by Crippen LogP contribution is 2.19. The molecule has 1 aliphatic heterocycles. The molecule has 35 heavy (non-hydrogen) atoms. The monoisotopic (exact) mass is 494 g/mol. The highest BCUT2D eigenvalue weighted by molar-refractivity contribution is 6.31. The van der Waals surface area contributed by atoms with E-state index in [0.29, 0.717) is 35.0 Å². The quantitative estimate of drug-likeness (QED) is 0.403. The Morgan fingerprint density at radius 3 is 2.66 bits per heavy atom. The molecule has 1 saturated heterocycles. The lowest BCUT2D eigenvalue weighted by Gasteiger charge is -2.26. The van der Waals surface area contributed by atoms with Crippen molar-refractivity contribution < 1.29 is 9.53 Å². The highest BCUT2D eigenvalue weighted by atomic mass is 35.5. The molecule has 0 unspecified atom stereocenters. The minimum Gasteiger partial charge on any atom is -0.379 e. The van der Waals surface area contributed by atoms with E-state index in [2.05, 4.69) is 20.4 Å². The number of halogens is 1. The number of amides is 1. The predicted octanol–water partition coefficient (Wildman–Crippen LogP) is 2.13. The fourth-order valence-electron chi connectivity index (χ4n) is 4.41. The highest BCUT2D eigenvalue weighted by Gasteiger charge is 2.18. The fourth-order valence-corrected chi connectivity index (χ4v) is 4.60. The number of carbonyl (C=O) groups is 1. The molecule has 3 heterocycles. The van der Waals surface area contributed by atoms with Gasteiger partial charge in [-0.25, -0.2) is 0 Å². The number of morpholine rings is 1. The van der Waals surface area contributed by atoms with Gasteiger partial charge < -0.3 is 10.1 Å². The first-order valence-corrected chi connectivity index (χ1v) is 12.2. The molecule has 0 saturated carbocycles. The first kappa shape index (κ1) is 23.5. The summed E-state index contributed by atoms with van der Waals surface area (Å²) < 4.78 is 8.81. The van der Waals surface area contributed by atoms with Crippen molar-refractivity contribution in [1.82, 2.24) is 29.4 Å². The molecule has 2 aromatic carbocycles. The number of carbonyl (C=O) groups excluding carboxylic acids is 1.